The summed E-state index contributed by atoms with van der Waals surface area (Å²) in [7, 11) is 0. The fourth-order valence-electron chi connectivity index (χ4n) is 1.91. The van der Waals surface area contributed by atoms with Crippen molar-refractivity contribution >= 4 is 5.97 Å². The van der Waals surface area contributed by atoms with Crippen LogP contribution in [0, 0.1) is 0 Å². The number of carboxylic acids is 1. The minimum Gasteiger partial charge on any atom is -0.481 e. The van der Waals surface area contributed by atoms with E-state index in [0.717, 1.165) is 6.92 Å². The van der Waals surface area contributed by atoms with Crippen molar-refractivity contribution in [3.8, 4) is 11.5 Å². The molecular weight excluding hydrogens is 239 g/mol. The Balaban J connectivity index is 2.43. The van der Waals surface area contributed by atoms with Crippen LogP contribution in [0.1, 0.15) is 32.8 Å². The zero-order valence-electron chi connectivity index (χ0n) is 10.5. The topological polar surface area (TPSA) is 55.8 Å². The van der Waals surface area contributed by atoms with E-state index in [4.69, 9.17) is 9.47 Å². The molecule has 2 atom stereocenters. The van der Waals surface area contributed by atoms with Crippen LogP contribution in [0.15, 0.2) is 18.2 Å². The van der Waals surface area contributed by atoms with Gasteiger partial charge in [0.2, 0.25) is 0 Å². The van der Waals surface area contributed by atoms with Crippen molar-refractivity contribution < 1.29 is 23.8 Å². The van der Waals surface area contributed by atoms with Crippen LogP contribution in [-0.4, -0.2) is 17.1 Å². The van der Waals surface area contributed by atoms with Gasteiger partial charge in [-0.3, -0.25) is 4.79 Å². The highest BCUT2D eigenvalue weighted by atomic mass is 19.2. The molecule has 98 valence electrons. The highest BCUT2D eigenvalue weighted by molar-refractivity contribution is 5.81. The Morgan fingerprint density at radius 1 is 1.44 bits per heavy atom. The zero-order valence-corrected chi connectivity index (χ0v) is 10.5. The first-order valence-corrected chi connectivity index (χ1v) is 5.73. The van der Waals surface area contributed by atoms with Crippen molar-refractivity contribution in [1.82, 2.24) is 0 Å². The lowest BCUT2D eigenvalue weighted by Crippen LogP contribution is -2.31. The molecule has 0 aromatic heterocycles. The van der Waals surface area contributed by atoms with E-state index >= 15 is 0 Å². The van der Waals surface area contributed by atoms with E-state index < -0.39 is 17.4 Å². The fraction of sp³-hybridized carbons (Fsp3) is 0.462. The van der Waals surface area contributed by atoms with E-state index in [0.29, 0.717) is 12.0 Å². The van der Waals surface area contributed by atoms with Gasteiger partial charge in [0.25, 0.3) is 0 Å². The van der Waals surface area contributed by atoms with Crippen LogP contribution >= 0.6 is 0 Å². The summed E-state index contributed by atoms with van der Waals surface area (Å²) in [6.07, 6.45) is 0.425. The van der Waals surface area contributed by atoms with Gasteiger partial charge in [0.1, 0.15) is 0 Å². The van der Waals surface area contributed by atoms with Crippen LogP contribution in [0.25, 0.3) is 0 Å². The third-order valence-corrected chi connectivity index (χ3v) is 3.34. The van der Waals surface area contributed by atoms with Crippen LogP contribution in [-0.2, 0) is 10.2 Å². The molecule has 0 saturated heterocycles. The number of rotatable bonds is 3. The Morgan fingerprint density at radius 2 is 2.06 bits per heavy atom. The van der Waals surface area contributed by atoms with Crippen LogP contribution in [0.2, 0.25) is 0 Å². The van der Waals surface area contributed by atoms with Crippen LogP contribution in [0.3, 0.4) is 0 Å². The molecule has 0 spiro atoms. The van der Waals surface area contributed by atoms with E-state index in [1.165, 1.54) is 12.1 Å². The minimum atomic E-state index is -2.19. The van der Waals surface area contributed by atoms with Gasteiger partial charge in [-0.05, 0) is 31.0 Å². The molecule has 1 heterocycles. The van der Waals surface area contributed by atoms with E-state index in [1.807, 2.05) is 0 Å². The number of aliphatic carboxylic acids is 1. The van der Waals surface area contributed by atoms with Gasteiger partial charge in [0.15, 0.2) is 11.5 Å². The van der Waals surface area contributed by atoms with Gasteiger partial charge in [-0.15, -0.1) is 0 Å². The predicted molar refractivity (Wildman–Crippen MR) is 62.5 cm³/mol. The van der Waals surface area contributed by atoms with Gasteiger partial charge in [0.05, 0.1) is 5.41 Å². The summed E-state index contributed by atoms with van der Waals surface area (Å²) in [5, 5.41) is 9.29. The van der Waals surface area contributed by atoms with Gasteiger partial charge in [-0.1, -0.05) is 13.0 Å². The summed E-state index contributed by atoms with van der Waals surface area (Å²) >= 11 is 0. The molecule has 1 aromatic rings. The van der Waals surface area contributed by atoms with Gasteiger partial charge in [-0.25, -0.2) is 0 Å². The SMILES string of the molecule is CCC(C)(C(=O)O)c1ccc2c(c1)OC(C)(F)O2. The van der Waals surface area contributed by atoms with E-state index in [2.05, 4.69) is 0 Å². The lowest BCUT2D eigenvalue weighted by Gasteiger charge is -2.23. The highest BCUT2D eigenvalue weighted by Gasteiger charge is 2.39. The molecule has 0 radical (unpaired) electrons. The number of alkyl halides is 1. The molecular formula is C13H15FO4. The molecule has 4 nitrogen and oxygen atoms in total. The first kappa shape index (κ1) is 12.7. The molecule has 1 aliphatic heterocycles. The Morgan fingerprint density at radius 3 is 2.61 bits per heavy atom. The third kappa shape index (κ3) is 1.89. The highest BCUT2D eigenvalue weighted by Crippen LogP contribution is 2.42. The lowest BCUT2D eigenvalue weighted by molar-refractivity contribution is -0.173. The molecule has 0 bridgehead atoms. The number of carbonyl (C=O) groups is 1. The summed E-state index contributed by atoms with van der Waals surface area (Å²) in [4.78, 5) is 11.3. The molecule has 0 saturated carbocycles. The van der Waals surface area contributed by atoms with Gasteiger partial charge < -0.3 is 14.6 Å². The second-order valence-electron chi connectivity index (χ2n) is 4.69. The van der Waals surface area contributed by atoms with Crippen molar-refractivity contribution in [1.29, 1.82) is 0 Å². The van der Waals surface area contributed by atoms with E-state index in [-0.39, 0.29) is 11.5 Å². The Bertz CT molecular complexity index is 498. The van der Waals surface area contributed by atoms with Crippen LogP contribution in [0.4, 0.5) is 4.39 Å². The number of halogens is 1. The Hall–Kier alpha value is -1.78. The molecule has 5 heteroatoms. The van der Waals surface area contributed by atoms with Gasteiger partial charge >= 0.3 is 12.0 Å². The monoisotopic (exact) mass is 254 g/mol. The fourth-order valence-corrected chi connectivity index (χ4v) is 1.91. The number of carboxylic acid groups (broad SMARTS) is 1. The largest absolute Gasteiger partial charge is 0.481 e. The Labute approximate surface area is 104 Å². The Kier molecular flexibility index (Phi) is 2.72. The van der Waals surface area contributed by atoms with Gasteiger partial charge in [-0.2, -0.15) is 4.39 Å². The molecule has 0 amide bonds. The van der Waals surface area contributed by atoms with Crippen molar-refractivity contribution in [3.05, 3.63) is 23.8 Å². The first-order chi connectivity index (χ1) is 8.28. The summed E-state index contributed by atoms with van der Waals surface area (Å²) < 4.78 is 23.4. The van der Waals surface area contributed by atoms with Crippen LogP contribution < -0.4 is 9.47 Å². The molecule has 1 N–H and O–H groups in total. The maximum Gasteiger partial charge on any atom is 0.404 e. The molecule has 2 rings (SSSR count). The van der Waals surface area contributed by atoms with E-state index in [1.54, 1.807) is 19.9 Å². The molecule has 1 aromatic carbocycles. The number of hydrogen-bond acceptors (Lipinski definition) is 3. The third-order valence-electron chi connectivity index (χ3n) is 3.34. The lowest BCUT2D eigenvalue weighted by atomic mass is 9.80. The molecule has 2 unspecified atom stereocenters. The average molecular weight is 254 g/mol. The summed E-state index contributed by atoms with van der Waals surface area (Å²) in [6.45, 7) is 4.57. The first-order valence-electron chi connectivity index (χ1n) is 5.73. The molecule has 0 aliphatic carbocycles. The quantitative estimate of drug-likeness (QED) is 0.901. The van der Waals surface area contributed by atoms with Crippen molar-refractivity contribution in [3.63, 3.8) is 0 Å². The number of benzene rings is 1. The van der Waals surface area contributed by atoms with Crippen molar-refractivity contribution in [2.24, 2.45) is 0 Å². The van der Waals surface area contributed by atoms with E-state index in [9.17, 15) is 14.3 Å². The molecule has 18 heavy (non-hydrogen) atoms. The minimum absolute atomic E-state index is 0.235. The summed E-state index contributed by atoms with van der Waals surface area (Å²) in [6, 6.07) is 2.50. The smallest absolute Gasteiger partial charge is 0.404 e. The second kappa shape index (κ2) is 3.86. The maximum absolute atomic E-state index is 13.5. The molecule has 0 fully saturated rings. The number of ether oxygens (including phenoxy) is 2. The van der Waals surface area contributed by atoms with Crippen molar-refractivity contribution in [2.45, 2.75) is 38.6 Å². The average Bonchev–Trinajstić information content (AvgIpc) is 2.60. The van der Waals surface area contributed by atoms with Gasteiger partial charge in [0, 0.05) is 6.92 Å². The predicted octanol–water partition coefficient (Wildman–Crippen LogP) is 2.85. The normalized spacial score (nSPS) is 24.7. The van der Waals surface area contributed by atoms with Crippen molar-refractivity contribution in [2.75, 3.05) is 0 Å². The number of hydrogen-bond donors (Lipinski definition) is 1. The zero-order chi connectivity index (χ0) is 13.6. The molecule has 1 aliphatic rings. The summed E-state index contributed by atoms with van der Waals surface area (Å²) in [5.74, 6) is -0.405. The summed E-state index contributed by atoms with van der Waals surface area (Å²) in [5.41, 5.74) is -0.453. The maximum atomic E-state index is 13.5. The van der Waals surface area contributed by atoms with Crippen LogP contribution in [0.5, 0.6) is 11.5 Å². The number of fused-ring (bicyclic) bond motifs is 1. The standard InChI is InChI=1S/C13H15FO4/c1-4-12(2,11(15)16)8-5-6-9-10(7-8)18-13(3,14)17-9/h5-7H,4H2,1-3H3,(H,15,16). The second-order valence-corrected chi connectivity index (χ2v) is 4.69.